The van der Waals surface area contributed by atoms with E-state index in [9.17, 15) is 9.59 Å². The first kappa shape index (κ1) is 19.0. The number of benzene rings is 1. The van der Waals surface area contributed by atoms with Crippen molar-refractivity contribution in [1.29, 1.82) is 0 Å². The number of carbonyl (C=O) groups is 2. The van der Waals surface area contributed by atoms with Gasteiger partial charge in [0.25, 0.3) is 0 Å². The third-order valence-corrected chi connectivity index (χ3v) is 4.75. The van der Waals surface area contributed by atoms with Crippen molar-refractivity contribution in [1.82, 2.24) is 25.1 Å². The minimum absolute atomic E-state index is 0.142. The molecule has 1 fully saturated rings. The lowest BCUT2D eigenvalue weighted by Crippen LogP contribution is -2.43. The molecular weight excluding hydrogens is 368 g/mol. The highest BCUT2D eigenvalue weighted by atomic mass is 35.5. The van der Waals surface area contributed by atoms with Gasteiger partial charge in [-0.25, -0.2) is 0 Å². The Hall–Kier alpha value is -2.74. The fraction of sp³-hybridized carbons (Fsp3) is 0.389. The Kier molecular flexibility index (Phi) is 5.85. The van der Waals surface area contributed by atoms with E-state index in [4.69, 9.17) is 17.3 Å². The number of hydrogen-bond donors (Lipinski definition) is 1. The number of aromatic nitrogens is 4. The molecule has 2 heterocycles. The molecule has 0 radical (unpaired) electrons. The van der Waals surface area contributed by atoms with Crippen LogP contribution in [0.25, 0.3) is 6.08 Å². The topological polar surface area (TPSA) is 107 Å². The SMILES string of the molecule is Cc1nnn(Cc2cc(Cl)ccc2C=CC(=O)N2CCCC(C(N)=O)C2)n1. The molecule has 0 aliphatic carbocycles. The van der Waals surface area contributed by atoms with Crippen molar-refractivity contribution in [2.75, 3.05) is 13.1 Å². The third kappa shape index (κ3) is 4.91. The molecule has 1 saturated heterocycles. The molecule has 1 aliphatic rings. The molecule has 0 bridgehead atoms. The summed E-state index contributed by atoms with van der Waals surface area (Å²) in [6, 6.07) is 5.42. The second kappa shape index (κ2) is 8.30. The number of halogens is 1. The summed E-state index contributed by atoms with van der Waals surface area (Å²) in [6.07, 6.45) is 4.76. The van der Waals surface area contributed by atoms with E-state index in [0.717, 1.165) is 24.0 Å². The summed E-state index contributed by atoms with van der Waals surface area (Å²) in [5, 5.41) is 12.6. The molecule has 3 rings (SSSR count). The van der Waals surface area contributed by atoms with Crippen LogP contribution in [0.5, 0.6) is 0 Å². The van der Waals surface area contributed by atoms with Crippen LogP contribution in [0, 0.1) is 12.8 Å². The number of primary amides is 1. The molecule has 2 amide bonds. The number of carbonyl (C=O) groups excluding carboxylic acids is 2. The van der Waals surface area contributed by atoms with Crippen LogP contribution in [0.3, 0.4) is 0 Å². The highest BCUT2D eigenvalue weighted by Crippen LogP contribution is 2.20. The van der Waals surface area contributed by atoms with Gasteiger partial charge in [0.05, 0.1) is 12.5 Å². The normalized spacial score (nSPS) is 17.4. The number of tetrazole rings is 1. The molecular formula is C18H21ClN6O2. The number of nitrogens with two attached hydrogens (primary N) is 1. The minimum atomic E-state index is -0.355. The van der Waals surface area contributed by atoms with Gasteiger partial charge in [-0.05, 0) is 54.3 Å². The van der Waals surface area contributed by atoms with Gasteiger partial charge in [-0.2, -0.15) is 4.80 Å². The summed E-state index contributed by atoms with van der Waals surface area (Å²) >= 11 is 6.11. The molecule has 0 saturated carbocycles. The standard InChI is InChI=1S/C18H21ClN6O2/c1-12-21-23-25(22-12)11-15-9-16(19)6-4-13(15)5-7-17(26)24-8-2-3-14(10-24)18(20)27/h4-7,9,14H,2-3,8,10-11H2,1H3,(H2,20,27). The second-order valence-electron chi connectivity index (χ2n) is 6.57. The van der Waals surface area contributed by atoms with Crippen molar-refractivity contribution in [3.8, 4) is 0 Å². The molecule has 1 aromatic carbocycles. The maximum Gasteiger partial charge on any atom is 0.246 e. The van der Waals surface area contributed by atoms with Crippen LogP contribution in [0.15, 0.2) is 24.3 Å². The fourth-order valence-corrected chi connectivity index (χ4v) is 3.29. The third-order valence-electron chi connectivity index (χ3n) is 4.51. The van der Waals surface area contributed by atoms with Crippen LogP contribution in [0.1, 0.15) is 29.8 Å². The van der Waals surface area contributed by atoms with Gasteiger partial charge >= 0.3 is 0 Å². The quantitative estimate of drug-likeness (QED) is 0.779. The van der Waals surface area contributed by atoms with E-state index in [1.165, 1.54) is 10.9 Å². The lowest BCUT2D eigenvalue weighted by molar-refractivity contribution is -0.130. The predicted octanol–water partition coefficient (Wildman–Crippen LogP) is 1.42. The van der Waals surface area contributed by atoms with Gasteiger partial charge in [-0.1, -0.05) is 17.7 Å². The molecule has 142 valence electrons. The minimum Gasteiger partial charge on any atom is -0.369 e. The number of rotatable bonds is 5. The summed E-state index contributed by atoms with van der Waals surface area (Å²) < 4.78 is 0. The summed E-state index contributed by atoms with van der Waals surface area (Å²) in [4.78, 5) is 27.0. The first-order valence-electron chi connectivity index (χ1n) is 8.71. The molecule has 9 heteroatoms. The van der Waals surface area contributed by atoms with Crippen molar-refractivity contribution in [3.63, 3.8) is 0 Å². The molecule has 8 nitrogen and oxygen atoms in total. The maximum atomic E-state index is 12.5. The van der Waals surface area contributed by atoms with E-state index in [1.807, 2.05) is 12.1 Å². The van der Waals surface area contributed by atoms with Crippen LogP contribution >= 0.6 is 11.6 Å². The molecule has 1 aliphatic heterocycles. The number of likely N-dealkylation sites (tertiary alicyclic amines) is 1. The number of piperidine rings is 1. The Balaban J connectivity index is 1.74. The van der Waals surface area contributed by atoms with E-state index in [1.54, 1.807) is 24.0 Å². The van der Waals surface area contributed by atoms with Crippen LogP contribution in [-0.4, -0.2) is 50.0 Å². The average Bonchev–Trinajstić information content (AvgIpc) is 3.05. The zero-order valence-electron chi connectivity index (χ0n) is 15.0. The number of amides is 2. The highest BCUT2D eigenvalue weighted by molar-refractivity contribution is 6.30. The maximum absolute atomic E-state index is 12.5. The Morgan fingerprint density at radius 2 is 2.22 bits per heavy atom. The lowest BCUT2D eigenvalue weighted by atomic mass is 9.97. The Morgan fingerprint density at radius 3 is 2.93 bits per heavy atom. The van der Waals surface area contributed by atoms with Crippen molar-refractivity contribution in [2.24, 2.45) is 11.7 Å². The molecule has 1 unspecified atom stereocenters. The van der Waals surface area contributed by atoms with E-state index in [0.29, 0.717) is 30.5 Å². The first-order valence-corrected chi connectivity index (χ1v) is 9.09. The summed E-state index contributed by atoms with van der Waals surface area (Å²) in [6.45, 7) is 3.15. The largest absolute Gasteiger partial charge is 0.369 e. The summed E-state index contributed by atoms with van der Waals surface area (Å²) in [5.41, 5.74) is 7.09. The zero-order valence-corrected chi connectivity index (χ0v) is 15.8. The van der Waals surface area contributed by atoms with Crippen LogP contribution in [0.2, 0.25) is 5.02 Å². The number of hydrogen-bond acceptors (Lipinski definition) is 5. The van der Waals surface area contributed by atoms with Crippen LogP contribution in [-0.2, 0) is 16.1 Å². The Morgan fingerprint density at radius 1 is 1.41 bits per heavy atom. The van der Waals surface area contributed by atoms with Crippen molar-refractivity contribution < 1.29 is 9.59 Å². The van der Waals surface area contributed by atoms with E-state index >= 15 is 0 Å². The van der Waals surface area contributed by atoms with Gasteiger partial charge in [-0.3, -0.25) is 9.59 Å². The van der Waals surface area contributed by atoms with E-state index in [-0.39, 0.29) is 17.7 Å². The van der Waals surface area contributed by atoms with Crippen molar-refractivity contribution in [2.45, 2.75) is 26.3 Å². The second-order valence-corrected chi connectivity index (χ2v) is 7.01. The number of aryl methyl sites for hydroxylation is 1. The monoisotopic (exact) mass is 388 g/mol. The zero-order chi connectivity index (χ0) is 19.4. The lowest BCUT2D eigenvalue weighted by Gasteiger charge is -2.30. The molecule has 1 aromatic heterocycles. The molecule has 2 aromatic rings. The Bertz CT molecular complexity index is 878. The van der Waals surface area contributed by atoms with Crippen LogP contribution < -0.4 is 5.73 Å². The van der Waals surface area contributed by atoms with Crippen molar-refractivity contribution in [3.05, 3.63) is 46.2 Å². The van der Waals surface area contributed by atoms with Crippen LogP contribution in [0.4, 0.5) is 0 Å². The molecule has 0 spiro atoms. The van der Waals surface area contributed by atoms with E-state index in [2.05, 4.69) is 15.4 Å². The van der Waals surface area contributed by atoms with Gasteiger partial charge < -0.3 is 10.6 Å². The predicted molar refractivity (Wildman–Crippen MR) is 101 cm³/mol. The average molecular weight is 389 g/mol. The number of nitrogens with zero attached hydrogens (tertiary/aromatic N) is 5. The smallest absolute Gasteiger partial charge is 0.246 e. The molecule has 2 N–H and O–H groups in total. The van der Waals surface area contributed by atoms with Crippen molar-refractivity contribution >= 4 is 29.5 Å². The fourth-order valence-electron chi connectivity index (χ4n) is 3.09. The molecule has 1 atom stereocenters. The van der Waals surface area contributed by atoms with Gasteiger partial charge in [0.1, 0.15) is 0 Å². The highest BCUT2D eigenvalue weighted by Gasteiger charge is 2.25. The van der Waals surface area contributed by atoms with Gasteiger partial charge in [-0.15, -0.1) is 10.2 Å². The first-order chi connectivity index (χ1) is 12.9. The van der Waals surface area contributed by atoms with Gasteiger partial charge in [0.15, 0.2) is 5.82 Å². The van der Waals surface area contributed by atoms with Gasteiger partial charge in [0.2, 0.25) is 11.8 Å². The van der Waals surface area contributed by atoms with E-state index < -0.39 is 0 Å². The van der Waals surface area contributed by atoms with Gasteiger partial charge in [0, 0.05) is 24.2 Å². The summed E-state index contributed by atoms with van der Waals surface area (Å²) in [7, 11) is 0. The molecule has 27 heavy (non-hydrogen) atoms. The summed E-state index contributed by atoms with van der Waals surface area (Å²) in [5.74, 6) is -0.189. The Labute approximate surface area is 162 Å².